The summed E-state index contributed by atoms with van der Waals surface area (Å²) < 4.78 is 34.7. The van der Waals surface area contributed by atoms with Gasteiger partial charge >= 0.3 is 6.61 Å². The van der Waals surface area contributed by atoms with E-state index in [9.17, 15) is 13.6 Å². The molecule has 0 radical (unpaired) electrons. The average molecular weight is 399 g/mol. The van der Waals surface area contributed by atoms with E-state index in [1.54, 1.807) is 18.1 Å². The summed E-state index contributed by atoms with van der Waals surface area (Å²) in [6.07, 6.45) is 0. The van der Waals surface area contributed by atoms with E-state index in [0.29, 0.717) is 30.9 Å². The number of hydrogen-bond acceptors (Lipinski definition) is 4. The summed E-state index contributed by atoms with van der Waals surface area (Å²) in [5.74, 6) is 0.436. The first-order valence-electron chi connectivity index (χ1n) is 8.29. The lowest BCUT2D eigenvalue weighted by molar-refractivity contribution is -0.0499. The van der Waals surface area contributed by atoms with Gasteiger partial charge in [-0.05, 0) is 24.3 Å². The molecule has 8 heteroatoms. The summed E-state index contributed by atoms with van der Waals surface area (Å²) in [6, 6.07) is 13.2. The monoisotopic (exact) mass is 398 g/mol. The Morgan fingerprint density at radius 3 is 2.74 bits per heavy atom. The molecule has 3 rings (SSSR count). The van der Waals surface area contributed by atoms with E-state index in [0.717, 1.165) is 5.56 Å². The highest BCUT2D eigenvalue weighted by Gasteiger charge is 2.30. The average Bonchev–Trinajstić information content (AvgIpc) is 2.67. The third-order valence-electron chi connectivity index (χ3n) is 4.31. The second-order valence-corrected chi connectivity index (χ2v) is 5.87. The van der Waals surface area contributed by atoms with Crippen molar-refractivity contribution in [1.82, 2.24) is 10.2 Å². The number of carbonyl (C=O) groups excluding carboxylic acids is 1. The molecule has 0 bridgehead atoms. The maximum atomic E-state index is 13.0. The Morgan fingerprint density at radius 1 is 1.22 bits per heavy atom. The van der Waals surface area contributed by atoms with Crippen LogP contribution in [0.25, 0.3) is 0 Å². The molecule has 1 amide bonds. The van der Waals surface area contributed by atoms with Gasteiger partial charge in [0.1, 0.15) is 11.5 Å². The molecule has 5 nitrogen and oxygen atoms in total. The molecule has 1 atom stereocenters. The van der Waals surface area contributed by atoms with Gasteiger partial charge in [-0.15, -0.1) is 12.4 Å². The molecule has 2 aromatic rings. The van der Waals surface area contributed by atoms with Gasteiger partial charge in [-0.1, -0.05) is 24.3 Å². The zero-order valence-corrected chi connectivity index (χ0v) is 15.5. The molecule has 1 aliphatic rings. The number of nitrogens with one attached hydrogen (secondary N) is 1. The van der Waals surface area contributed by atoms with Crippen molar-refractivity contribution in [1.29, 1.82) is 0 Å². The highest BCUT2D eigenvalue weighted by molar-refractivity contribution is 5.95. The van der Waals surface area contributed by atoms with Crippen molar-refractivity contribution >= 4 is 18.3 Å². The Hall–Kier alpha value is -2.38. The van der Waals surface area contributed by atoms with Gasteiger partial charge < -0.3 is 19.7 Å². The van der Waals surface area contributed by atoms with Crippen LogP contribution in [-0.4, -0.2) is 44.2 Å². The standard InChI is InChI=1S/C19H20F2N2O3.ClH/c1-25-17-8-3-2-7-15(17)16-12-22-9-10-23(16)18(24)13-5-4-6-14(11-13)26-19(20)21;/h2-8,11,16,19,22H,9-10,12H2,1H3;1H. The topological polar surface area (TPSA) is 50.8 Å². The number of ether oxygens (including phenoxy) is 2. The minimum Gasteiger partial charge on any atom is -0.496 e. The molecular weight excluding hydrogens is 378 g/mol. The number of rotatable bonds is 5. The van der Waals surface area contributed by atoms with Gasteiger partial charge in [-0.25, -0.2) is 0 Å². The van der Waals surface area contributed by atoms with Crippen molar-refractivity contribution in [2.45, 2.75) is 12.7 Å². The smallest absolute Gasteiger partial charge is 0.387 e. The fraction of sp³-hybridized carbons (Fsp3) is 0.316. The van der Waals surface area contributed by atoms with Gasteiger partial charge in [0.2, 0.25) is 0 Å². The van der Waals surface area contributed by atoms with Crippen molar-refractivity contribution < 1.29 is 23.0 Å². The molecule has 1 heterocycles. The van der Waals surface area contributed by atoms with Crippen LogP contribution in [0.15, 0.2) is 48.5 Å². The summed E-state index contributed by atoms with van der Waals surface area (Å²) in [7, 11) is 1.59. The molecule has 2 aromatic carbocycles. The number of hydrogen-bond donors (Lipinski definition) is 1. The molecule has 1 fully saturated rings. The molecule has 1 aliphatic heterocycles. The summed E-state index contributed by atoms with van der Waals surface area (Å²) >= 11 is 0. The van der Waals surface area contributed by atoms with Crippen LogP contribution in [0.4, 0.5) is 8.78 Å². The quantitative estimate of drug-likeness (QED) is 0.837. The molecule has 27 heavy (non-hydrogen) atoms. The Bertz CT molecular complexity index is 776. The maximum absolute atomic E-state index is 13.0. The van der Waals surface area contributed by atoms with Crippen molar-refractivity contribution in [3.05, 3.63) is 59.7 Å². The normalized spacial score (nSPS) is 16.6. The predicted molar refractivity (Wildman–Crippen MR) is 100.0 cm³/mol. The van der Waals surface area contributed by atoms with Gasteiger partial charge in [0.05, 0.1) is 13.2 Å². The van der Waals surface area contributed by atoms with E-state index in [4.69, 9.17) is 4.74 Å². The van der Waals surface area contributed by atoms with Crippen molar-refractivity contribution in [2.24, 2.45) is 0 Å². The van der Waals surface area contributed by atoms with Crippen molar-refractivity contribution in [3.8, 4) is 11.5 Å². The zero-order valence-electron chi connectivity index (χ0n) is 14.7. The molecule has 146 valence electrons. The highest BCUT2D eigenvalue weighted by atomic mass is 35.5. The number of halogens is 3. The van der Waals surface area contributed by atoms with Crippen LogP contribution in [0.3, 0.4) is 0 Å². The van der Waals surface area contributed by atoms with Crippen LogP contribution in [0, 0.1) is 0 Å². The number of carbonyl (C=O) groups is 1. The first kappa shape index (κ1) is 20.9. The Balaban J connectivity index is 0.00000261. The first-order valence-corrected chi connectivity index (χ1v) is 8.29. The van der Waals surface area contributed by atoms with Crippen LogP contribution in [-0.2, 0) is 0 Å². The van der Waals surface area contributed by atoms with Crippen LogP contribution in [0.2, 0.25) is 0 Å². The van der Waals surface area contributed by atoms with Crippen LogP contribution < -0.4 is 14.8 Å². The van der Waals surface area contributed by atoms with E-state index in [2.05, 4.69) is 10.1 Å². The summed E-state index contributed by atoms with van der Waals surface area (Å²) in [5.41, 5.74) is 1.21. The first-order chi connectivity index (χ1) is 12.6. The second kappa shape index (κ2) is 9.53. The number of alkyl halides is 2. The molecule has 0 aromatic heterocycles. The van der Waals surface area contributed by atoms with E-state index in [1.807, 2.05) is 24.3 Å². The summed E-state index contributed by atoms with van der Waals surface area (Å²) in [4.78, 5) is 14.8. The Morgan fingerprint density at radius 2 is 2.00 bits per heavy atom. The van der Waals surface area contributed by atoms with Gasteiger partial charge in [-0.3, -0.25) is 4.79 Å². The number of nitrogens with zero attached hydrogens (tertiary/aromatic N) is 1. The minimum atomic E-state index is -2.93. The number of methoxy groups -OCH3 is 1. The van der Waals surface area contributed by atoms with E-state index < -0.39 is 6.61 Å². The fourth-order valence-electron chi connectivity index (χ4n) is 3.14. The molecule has 0 spiro atoms. The largest absolute Gasteiger partial charge is 0.496 e. The van der Waals surface area contributed by atoms with E-state index in [-0.39, 0.29) is 30.1 Å². The molecule has 1 N–H and O–H groups in total. The number of para-hydroxylation sites is 1. The minimum absolute atomic E-state index is 0. The van der Waals surface area contributed by atoms with Gasteiger partial charge in [0, 0.05) is 30.8 Å². The fourth-order valence-corrected chi connectivity index (χ4v) is 3.14. The van der Waals surface area contributed by atoms with E-state index >= 15 is 0 Å². The highest BCUT2D eigenvalue weighted by Crippen LogP contribution is 2.31. The lowest BCUT2D eigenvalue weighted by Gasteiger charge is -2.37. The van der Waals surface area contributed by atoms with Crippen LogP contribution in [0.1, 0.15) is 22.0 Å². The van der Waals surface area contributed by atoms with Gasteiger partial charge in [-0.2, -0.15) is 8.78 Å². The van der Waals surface area contributed by atoms with Crippen LogP contribution in [0.5, 0.6) is 11.5 Å². The third-order valence-corrected chi connectivity index (χ3v) is 4.31. The molecular formula is C19H21ClF2N2O3. The summed E-state index contributed by atoms with van der Waals surface area (Å²) in [6.45, 7) is -1.19. The molecule has 0 aliphatic carbocycles. The van der Waals surface area contributed by atoms with Gasteiger partial charge in [0.25, 0.3) is 5.91 Å². The van der Waals surface area contributed by atoms with Crippen molar-refractivity contribution in [2.75, 3.05) is 26.7 Å². The lowest BCUT2D eigenvalue weighted by atomic mass is 10.0. The van der Waals surface area contributed by atoms with Gasteiger partial charge in [0.15, 0.2) is 0 Å². The van der Waals surface area contributed by atoms with E-state index in [1.165, 1.54) is 18.2 Å². The van der Waals surface area contributed by atoms with Crippen molar-refractivity contribution in [3.63, 3.8) is 0 Å². The Kier molecular flexibility index (Phi) is 7.38. The maximum Gasteiger partial charge on any atom is 0.387 e. The Labute approximate surface area is 162 Å². The molecule has 1 unspecified atom stereocenters. The number of piperazine rings is 1. The number of amides is 1. The molecule has 0 saturated carbocycles. The SMILES string of the molecule is COc1ccccc1C1CNCCN1C(=O)c1cccc(OC(F)F)c1.Cl. The second-order valence-electron chi connectivity index (χ2n) is 5.87. The molecule has 1 saturated heterocycles. The zero-order chi connectivity index (χ0) is 18.5. The third kappa shape index (κ3) is 4.87. The number of benzene rings is 2. The summed E-state index contributed by atoms with van der Waals surface area (Å²) in [5, 5.41) is 3.29. The lowest BCUT2D eigenvalue weighted by Crippen LogP contribution is -2.48. The van der Waals surface area contributed by atoms with Crippen LogP contribution >= 0.6 is 12.4 Å². The predicted octanol–water partition coefficient (Wildman–Crippen LogP) is 3.51.